The molecule has 0 bridgehead atoms. The molecule has 10 nitrogen and oxygen atoms in total. The number of nitrogens with zero attached hydrogens (tertiary/aromatic N) is 8. The highest BCUT2D eigenvalue weighted by Gasteiger charge is 2.40. The molecule has 14 aromatic rings. The first-order valence-electron chi connectivity index (χ1n) is 28.7. The Hall–Kier alpha value is -13.2. The van der Waals surface area contributed by atoms with Gasteiger partial charge in [-0.1, -0.05) is 158 Å². The van der Waals surface area contributed by atoms with Crippen LogP contribution in [0.5, 0.6) is 0 Å². The maximum atomic E-state index is 15.7. The van der Waals surface area contributed by atoms with Crippen LogP contribution >= 0.6 is 0 Å². The van der Waals surface area contributed by atoms with E-state index in [-0.39, 0.29) is 16.7 Å². The number of rotatable bonds is 9. The molecule has 0 fully saturated rings. The Morgan fingerprint density at radius 3 is 1.01 bits per heavy atom. The number of carbonyl (C=O) groups is 2. The first-order chi connectivity index (χ1) is 43.7. The largest absolute Gasteiger partial charge is 0.308 e. The van der Waals surface area contributed by atoms with Crippen LogP contribution < -0.4 is 4.90 Å². The number of nitriles is 5. The lowest BCUT2D eigenvalue weighted by Crippen LogP contribution is -2.30. The highest BCUT2D eigenvalue weighted by molar-refractivity contribution is 6.37. The van der Waals surface area contributed by atoms with Gasteiger partial charge in [0.15, 0.2) is 0 Å². The molecule has 2 amide bonds. The van der Waals surface area contributed by atoms with Gasteiger partial charge in [-0.2, -0.15) is 26.3 Å². The number of hydrogen-bond donors (Lipinski definition) is 0. The van der Waals surface area contributed by atoms with Gasteiger partial charge in [0.1, 0.15) is 11.6 Å². The van der Waals surface area contributed by atoms with Gasteiger partial charge in [-0.15, -0.1) is 0 Å². The van der Waals surface area contributed by atoms with Gasteiger partial charge < -0.3 is 9.13 Å². The topological polar surface area (TPSA) is 166 Å². The van der Waals surface area contributed by atoms with Gasteiger partial charge in [-0.05, 0) is 158 Å². The predicted molar refractivity (Wildman–Crippen MR) is 349 cm³/mol. The van der Waals surface area contributed by atoms with Gasteiger partial charge in [0, 0.05) is 27.1 Å². The third-order valence-electron chi connectivity index (χ3n) is 17.0. The molecule has 410 valence electrons. The third-order valence-corrected chi connectivity index (χ3v) is 17.0. The Bertz CT molecular complexity index is 5150. The lowest BCUT2D eigenvalue weighted by atomic mass is 9.94. The molecule has 0 N–H and O–H groups in total. The average molecular weight is 1140 g/mol. The molecule has 0 saturated heterocycles. The van der Waals surface area contributed by atoms with Gasteiger partial charge in [-0.25, -0.2) is 4.90 Å². The van der Waals surface area contributed by atoms with Crippen LogP contribution in [0.25, 0.3) is 122 Å². The van der Waals surface area contributed by atoms with E-state index in [9.17, 15) is 26.3 Å². The zero-order chi connectivity index (χ0) is 60.4. The van der Waals surface area contributed by atoms with Gasteiger partial charge in [0.2, 0.25) is 0 Å². The number of para-hydroxylation sites is 1. The van der Waals surface area contributed by atoms with E-state index >= 15 is 9.59 Å². The van der Waals surface area contributed by atoms with Crippen molar-refractivity contribution in [3.05, 3.63) is 294 Å². The molecule has 0 saturated carbocycles. The van der Waals surface area contributed by atoms with Crippen molar-refractivity contribution in [1.29, 1.82) is 26.3 Å². The van der Waals surface area contributed by atoms with Crippen molar-refractivity contribution in [2.45, 2.75) is 0 Å². The molecule has 15 rings (SSSR count). The summed E-state index contributed by atoms with van der Waals surface area (Å²) in [6, 6.07) is 92.5. The Morgan fingerprint density at radius 2 is 0.607 bits per heavy atom. The van der Waals surface area contributed by atoms with Crippen molar-refractivity contribution >= 4 is 61.1 Å². The normalized spacial score (nSPS) is 11.8. The van der Waals surface area contributed by atoms with Crippen molar-refractivity contribution < 1.29 is 9.59 Å². The summed E-state index contributed by atoms with van der Waals surface area (Å²) in [7, 11) is 0. The number of benzene rings is 12. The third kappa shape index (κ3) is 8.68. The number of imide groups is 1. The van der Waals surface area contributed by atoms with E-state index in [2.05, 4.69) is 88.0 Å². The lowest BCUT2D eigenvalue weighted by Gasteiger charge is -2.20. The van der Waals surface area contributed by atoms with Crippen molar-refractivity contribution in [3.63, 3.8) is 0 Å². The smallest absolute Gasteiger partial charge is 0.266 e. The molecule has 89 heavy (non-hydrogen) atoms. The number of amides is 2. The van der Waals surface area contributed by atoms with Crippen LogP contribution in [0.1, 0.15) is 48.5 Å². The van der Waals surface area contributed by atoms with Gasteiger partial charge in [0.05, 0.1) is 96.8 Å². The average Bonchev–Trinajstić information content (AvgIpc) is 1.66. The Balaban J connectivity index is 1.08. The van der Waals surface area contributed by atoms with Gasteiger partial charge in [0.25, 0.3) is 11.8 Å². The maximum Gasteiger partial charge on any atom is 0.266 e. The van der Waals surface area contributed by atoms with Crippen molar-refractivity contribution in [1.82, 2.24) is 9.13 Å². The summed E-state index contributed by atoms with van der Waals surface area (Å²) in [4.78, 5) is 32.0. The molecule has 12 aromatic carbocycles. The van der Waals surface area contributed by atoms with Crippen LogP contribution in [0.15, 0.2) is 255 Å². The van der Waals surface area contributed by atoms with E-state index in [1.54, 1.807) is 42.5 Å². The van der Waals surface area contributed by atoms with Crippen molar-refractivity contribution in [2.24, 2.45) is 0 Å². The van der Waals surface area contributed by atoms with Gasteiger partial charge in [-0.3, -0.25) is 9.59 Å². The highest BCUT2D eigenvalue weighted by atomic mass is 16.2. The summed E-state index contributed by atoms with van der Waals surface area (Å²) >= 11 is 0. The van der Waals surface area contributed by atoms with Crippen LogP contribution in [0.2, 0.25) is 0 Å². The number of hydrogen-bond acceptors (Lipinski definition) is 7. The molecule has 2 aromatic heterocycles. The summed E-state index contributed by atoms with van der Waals surface area (Å²) in [5, 5.41) is 56.1. The molecule has 3 heterocycles. The lowest BCUT2D eigenvalue weighted by molar-refractivity contribution is 0.0926. The first-order valence-corrected chi connectivity index (χ1v) is 28.7. The minimum absolute atomic E-state index is 0.199. The zero-order valence-electron chi connectivity index (χ0n) is 47.1. The summed E-state index contributed by atoms with van der Waals surface area (Å²) in [6.45, 7) is 0. The van der Waals surface area contributed by atoms with E-state index in [0.29, 0.717) is 56.0 Å². The Kier molecular flexibility index (Phi) is 12.5. The Morgan fingerprint density at radius 1 is 0.258 bits per heavy atom. The molecule has 10 heteroatoms. The van der Waals surface area contributed by atoms with Crippen molar-refractivity contribution in [3.8, 4) is 108 Å². The quantitative estimate of drug-likeness (QED) is 0.130. The second kappa shape index (κ2) is 21.2. The SMILES string of the molecule is N#Cc1cccc(-c2ccc3c4ccc(-c5cccc(C#N)c5)cc4n(-c4cc(-c5cccc6c5C(=O)N(c5ccccc5-c5ccccc5)C6=O)cc(-n5c6cc(-c7cccc(C#N)c7)ccc6c6ccc(-c7cccc(C#N)c7)cc65)c4C#N)c3c2)c1. The van der Waals surface area contributed by atoms with Gasteiger partial charge >= 0.3 is 0 Å². The first kappa shape index (κ1) is 52.6. The number of aromatic nitrogens is 2. The molecule has 0 aliphatic carbocycles. The molecule has 0 atom stereocenters. The van der Waals surface area contributed by atoms with Crippen LogP contribution in [0, 0.1) is 56.7 Å². The summed E-state index contributed by atoms with van der Waals surface area (Å²) < 4.78 is 4.19. The second-order valence-electron chi connectivity index (χ2n) is 21.9. The zero-order valence-corrected chi connectivity index (χ0v) is 47.1. The summed E-state index contributed by atoms with van der Waals surface area (Å²) in [5.74, 6) is -0.983. The number of carbonyl (C=O) groups excluding carboxylic acids is 2. The molecule has 1 aliphatic rings. The van der Waals surface area contributed by atoms with Crippen LogP contribution in [-0.2, 0) is 0 Å². The Labute approximate surface area is 510 Å². The standard InChI is InChI=1S/C79H42N8O2/c80-43-48-11-6-17-53(33-48)57-25-29-64-65-30-26-58(54-18-7-12-49(34-54)44-81)38-72(65)85(71(64)37-57)75-41-61(63-22-10-23-68-77(63)79(89)87(78(68)88)70-24-5-4-21-62(70)52-15-2-1-3-16-52)42-76(69(75)47-84)86-73-39-59(55-19-8-13-50(35-55)45-82)27-31-66(73)67-32-28-60(40-74(67)86)56-20-9-14-51(36-56)46-83/h1-42H. The van der Waals surface area contributed by atoms with E-state index in [1.807, 2.05) is 164 Å². The molecule has 0 spiro atoms. The van der Waals surface area contributed by atoms with Crippen LogP contribution in [-0.4, -0.2) is 20.9 Å². The molecule has 0 unspecified atom stereocenters. The van der Waals surface area contributed by atoms with Crippen LogP contribution in [0.3, 0.4) is 0 Å². The second-order valence-corrected chi connectivity index (χ2v) is 21.9. The fourth-order valence-corrected chi connectivity index (χ4v) is 12.9. The van der Waals surface area contributed by atoms with E-state index < -0.39 is 11.8 Å². The van der Waals surface area contributed by atoms with E-state index in [1.165, 1.54) is 4.90 Å². The molecular weight excluding hydrogens is 1090 g/mol. The predicted octanol–water partition coefficient (Wildman–Crippen LogP) is 18.0. The molecular formula is C79H42N8O2. The fourth-order valence-electron chi connectivity index (χ4n) is 12.9. The fraction of sp³-hybridized carbons (Fsp3) is 0. The van der Waals surface area contributed by atoms with Crippen molar-refractivity contribution in [2.75, 3.05) is 4.90 Å². The maximum absolute atomic E-state index is 15.7. The summed E-state index contributed by atoms with van der Waals surface area (Å²) in [5.41, 5.74) is 16.0. The summed E-state index contributed by atoms with van der Waals surface area (Å²) in [6.07, 6.45) is 0. The van der Waals surface area contributed by atoms with E-state index in [0.717, 1.165) is 93.7 Å². The highest BCUT2D eigenvalue weighted by Crippen LogP contribution is 2.46. The minimum Gasteiger partial charge on any atom is -0.308 e. The molecule has 0 radical (unpaired) electrons. The minimum atomic E-state index is -0.507. The molecule has 1 aliphatic heterocycles. The van der Waals surface area contributed by atoms with E-state index in [4.69, 9.17) is 0 Å². The van der Waals surface area contributed by atoms with Crippen LogP contribution in [0.4, 0.5) is 5.69 Å². The number of fused-ring (bicyclic) bond motifs is 7. The monoisotopic (exact) mass is 1130 g/mol. The number of anilines is 1.